The molecule has 5 heteroatoms. The normalized spacial score (nSPS) is 10.2. The van der Waals surface area contributed by atoms with Crippen molar-refractivity contribution in [3.05, 3.63) is 11.8 Å². The molecule has 0 saturated heterocycles. The van der Waals surface area contributed by atoms with E-state index in [1.54, 1.807) is 0 Å². The zero-order chi connectivity index (χ0) is 10.4. The molecule has 4 nitrogen and oxygen atoms in total. The summed E-state index contributed by atoms with van der Waals surface area (Å²) < 4.78 is 0. The lowest BCUT2D eigenvalue weighted by atomic mass is 10.5. The first kappa shape index (κ1) is 11.3. The maximum atomic E-state index is 8.69. The SMILES string of the molecule is CCNc1nc(C)cc(SCCO)n1. The highest BCUT2D eigenvalue weighted by Crippen LogP contribution is 2.16. The van der Waals surface area contributed by atoms with Gasteiger partial charge in [-0.2, -0.15) is 0 Å². The number of nitrogens with zero attached hydrogens (tertiary/aromatic N) is 2. The van der Waals surface area contributed by atoms with Crippen molar-refractivity contribution in [2.75, 3.05) is 24.2 Å². The van der Waals surface area contributed by atoms with Gasteiger partial charge in [0.25, 0.3) is 0 Å². The summed E-state index contributed by atoms with van der Waals surface area (Å²) >= 11 is 1.53. The molecule has 0 aliphatic rings. The number of rotatable bonds is 5. The lowest BCUT2D eigenvalue weighted by Gasteiger charge is -2.05. The average molecular weight is 213 g/mol. The molecular weight excluding hydrogens is 198 g/mol. The molecule has 2 N–H and O–H groups in total. The van der Waals surface area contributed by atoms with Crippen molar-refractivity contribution in [3.63, 3.8) is 0 Å². The summed E-state index contributed by atoms with van der Waals surface area (Å²) in [5, 5.41) is 12.7. The van der Waals surface area contributed by atoms with Crippen LogP contribution in [0.4, 0.5) is 5.95 Å². The van der Waals surface area contributed by atoms with Gasteiger partial charge in [0.05, 0.1) is 6.61 Å². The Kier molecular flexibility index (Phi) is 4.69. The molecule has 0 radical (unpaired) electrons. The zero-order valence-electron chi connectivity index (χ0n) is 8.45. The maximum Gasteiger partial charge on any atom is 0.223 e. The third kappa shape index (κ3) is 3.51. The highest BCUT2D eigenvalue weighted by molar-refractivity contribution is 7.99. The topological polar surface area (TPSA) is 58.0 Å². The summed E-state index contributed by atoms with van der Waals surface area (Å²) in [4.78, 5) is 8.52. The molecule has 0 unspecified atom stereocenters. The predicted molar refractivity (Wildman–Crippen MR) is 58.7 cm³/mol. The predicted octanol–water partition coefficient (Wildman–Crippen LogP) is 1.30. The number of aliphatic hydroxyl groups is 1. The smallest absolute Gasteiger partial charge is 0.223 e. The number of hydrogen-bond acceptors (Lipinski definition) is 5. The van der Waals surface area contributed by atoms with Crippen molar-refractivity contribution in [2.45, 2.75) is 18.9 Å². The minimum atomic E-state index is 0.171. The highest BCUT2D eigenvalue weighted by atomic mass is 32.2. The van der Waals surface area contributed by atoms with Crippen LogP contribution in [0.25, 0.3) is 0 Å². The monoisotopic (exact) mass is 213 g/mol. The van der Waals surface area contributed by atoms with Crippen LogP contribution in [0.1, 0.15) is 12.6 Å². The second-order valence-corrected chi connectivity index (χ2v) is 3.89. The van der Waals surface area contributed by atoms with Crippen molar-refractivity contribution in [1.29, 1.82) is 0 Å². The summed E-state index contributed by atoms with van der Waals surface area (Å²) in [6.45, 7) is 4.93. The molecule has 0 aromatic carbocycles. The molecular formula is C9H15N3OS. The van der Waals surface area contributed by atoms with E-state index in [9.17, 15) is 0 Å². The van der Waals surface area contributed by atoms with E-state index >= 15 is 0 Å². The minimum Gasteiger partial charge on any atom is -0.396 e. The molecule has 0 atom stereocenters. The Morgan fingerprint density at radius 2 is 2.29 bits per heavy atom. The standard InChI is InChI=1S/C9H15N3OS/c1-3-10-9-11-7(2)6-8(12-9)14-5-4-13/h6,13H,3-5H2,1-2H3,(H,10,11,12). The van der Waals surface area contributed by atoms with Gasteiger partial charge in [-0.25, -0.2) is 9.97 Å². The average Bonchev–Trinajstić information content (AvgIpc) is 2.14. The number of hydrogen-bond donors (Lipinski definition) is 2. The number of nitrogens with one attached hydrogen (secondary N) is 1. The third-order valence-corrected chi connectivity index (χ3v) is 2.40. The molecule has 0 aliphatic heterocycles. The Morgan fingerprint density at radius 3 is 2.93 bits per heavy atom. The van der Waals surface area contributed by atoms with Crippen LogP contribution in [-0.2, 0) is 0 Å². The fourth-order valence-electron chi connectivity index (χ4n) is 1.00. The first-order valence-corrected chi connectivity index (χ1v) is 5.58. The number of aromatic nitrogens is 2. The quantitative estimate of drug-likeness (QED) is 0.570. The molecule has 0 spiro atoms. The van der Waals surface area contributed by atoms with Gasteiger partial charge in [-0.15, -0.1) is 11.8 Å². The van der Waals surface area contributed by atoms with Gasteiger partial charge in [0.15, 0.2) is 0 Å². The fraction of sp³-hybridized carbons (Fsp3) is 0.556. The van der Waals surface area contributed by atoms with E-state index in [4.69, 9.17) is 5.11 Å². The van der Waals surface area contributed by atoms with E-state index in [0.29, 0.717) is 11.7 Å². The van der Waals surface area contributed by atoms with Crippen molar-refractivity contribution in [3.8, 4) is 0 Å². The Morgan fingerprint density at radius 1 is 1.50 bits per heavy atom. The molecule has 0 bridgehead atoms. The van der Waals surface area contributed by atoms with Crippen LogP contribution in [0, 0.1) is 6.92 Å². The Hall–Kier alpha value is -0.810. The van der Waals surface area contributed by atoms with Gasteiger partial charge >= 0.3 is 0 Å². The first-order chi connectivity index (χ1) is 6.76. The molecule has 14 heavy (non-hydrogen) atoms. The van der Waals surface area contributed by atoms with Gasteiger partial charge in [-0.1, -0.05) is 0 Å². The van der Waals surface area contributed by atoms with Crippen molar-refractivity contribution in [1.82, 2.24) is 9.97 Å². The highest BCUT2D eigenvalue weighted by Gasteiger charge is 2.01. The van der Waals surface area contributed by atoms with E-state index in [-0.39, 0.29) is 6.61 Å². The number of aliphatic hydroxyl groups excluding tert-OH is 1. The summed E-state index contributed by atoms with van der Waals surface area (Å²) in [7, 11) is 0. The second-order valence-electron chi connectivity index (χ2n) is 2.77. The van der Waals surface area contributed by atoms with Crippen molar-refractivity contribution < 1.29 is 5.11 Å². The van der Waals surface area contributed by atoms with Crippen LogP contribution in [0.15, 0.2) is 11.1 Å². The molecule has 1 aromatic heterocycles. The Balaban J connectivity index is 2.73. The molecule has 0 fully saturated rings. The molecule has 0 amide bonds. The van der Waals surface area contributed by atoms with Gasteiger partial charge in [0.1, 0.15) is 5.03 Å². The maximum absolute atomic E-state index is 8.69. The molecule has 1 aromatic rings. The van der Waals surface area contributed by atoms with Crippen LogP contribution in [0.3, 0.4) is 0 Å². The summed E-state index contributed by atoms with van der Waals surface area (Å²) in [5.74, 6) is 1.33. The first-order valence-electron chi connectivity index (χ1n) is 4.59. The largest absolute Gasteiger partial charge is 0.396 e. The van der Waals surface area contributed by atoms with E-state index in [1.165, 1.54) is 11.8 Å². The van der Waals surface area contributed by atoms with E-state index in [1.807, 2.05) is 19.9 Å². The van der Waals surface area contributed by atoms with Crippen LogP contribution in [0.2, 0.25) is 0 Å². The zero-order valence-corrected chi connectivity index (χ0v) is 9.27. The summed E-state index contributed by atoms with van der Waals surface area (Å²) in [6, 6.07) is 1.92. The van der Waals surface area contributed by atoms with Crippen LogP contribution >= 0.6 is 11.8 Å². The number of aryl methyl sites for hydroxylation is 1. The molecule has 1 heterocycles. The van der Waals surface area contributed by atoms with Crippen molar-refractivity contribution in [2.24, 2.45) is 0 Å². The Labute approximate surface area is 88.2 Å². The molecule has 0 aliphatic carbocycles. The van der Waals surface area contributed by atoms with E-state index in [2.05, 4.69) is 15.3 Å². The van der Waals surface area contributed by atoms with Crippen LogP contribution in [0.5, 0.6) is 0 Å². The van der Waals surface area contributed by atoms with Gasteiger partial charge < -0.3 is 10.4 Å². The molecule has 1 rings (SSSR count). The second kappa shape index (κ2) is 5.82. The lowest BCUT2D eigenvalue weighted by Crippen LogP contribution is -2.03. The minimum absolute atomic E-state index is 0.171. The molecule has 0 saturated carbocycles. The van der Waals surface area contributed by atoms with E-state index in [0.717, 1.165) is 17.3 Å². The lowest BCUT2D eigenvalue weighted by molar-refractivity contribution is 0.322. The molecule has 78 valence electrons. The third-order valence-electron chi connectivity index (χ3n) is 1.51. The number of anilines is 1. The van der Waals surface area contributed by atoms with Gasteiger partial charge in [0, 0.05) is 18.0 Å². The van der Waals surface area contributed by atoms with Crippen LogP contribution in [-0.4, -0.2) is 34.0 Å². The van der Waals surface area contributed by atoms with Gasteiger partial charge in [-0.3, -0.25) is 0 Å². The Bertz CT molecular complexity index is 293. The fourth-order valence-corrected chi connectivity index (χ4v) is 1.71. The van der Waals surface area contributed by atoms with Gasteiger partial charge in [0.2, 0.25) is 5.95 Å². The van der Waals surface area contributed by atoms with Gasteiger partial charge in [-0.05, 0) is 19.9 Å². The van der Waals surface area contributed by atoms with Crippen LogP contribution < -0.4 is 5.32 Å². The van der Waals surface area contributed by atoms with Crippen molar-refractivity contribution >= 4 is 17.7 Å². The summed E-state index contributed by atoms with van der Waals surface area (Å²) in [6.07, 6.45) is 0. The van der Waals surface area contributed by atoms with E-state index < -0.39 is 0 Å². The number of thioether (sulfide) groups is 1. The summed E-state index contributed by atoms with van der Waals surface area (Å²) in [5.41, 5.74) is 0.941.